The summed E-state index contributed by atoms with van der Waals surface area (Å²) < 4.78 is 11.9. The molecule has 0 radical (unpaired) electrons. The molecule has 160 valence electrons. The molecule has 3 aliphatic rings. The van der Waals surface area contributed by atoms with Crippen molar-refractivity contribution in [2.24, 2.45) is 0 Å². The maximum absolute atomic E-state index is 5.99. The fraction of sp³-hybridized carbons (Fsp3) is 0.619. The number of fused-ring (bicyclic) bond motifs is 2. The maximum atomic E-state index is 5.99. The molecule has 0 amide bonds. The minimum absolute atomic E-state index is 0.0938. The van der Waals surface area contributed by atoms with Crippen LogP contribution in [0.25, 0.3) is 0 Å². The van der Waals surface area contributed by atoms with Gasteiger partial charge in [-0.05, 0) is 26.8 Å². The van der Waals surface area contributed by atoms with Crippen molar-refractivity contribution in [3.05, 3.63) is 35.4 Å². The number of nitrogens with zero attached hydrogens (tertiary/aromatic N) is 6. The van der Waals surface area contributed by atoms with Crippen LogP contribution < -0.4 is 10.6 Å². The van der Waals surface area contributed by atoms with Crippen LogP contribution in [0.1, 0.15) is 37.1 Å². The lowest BCUT2D eigenvalue weighted by Crippen LogP contribution is -2.47. The summed E-state index contributed by atoms with van der Waals surface area (Å²) in [4.78, 5) is 22.7. The van der Waals surface area contributed by atoms with E-state index in [1.807, 2.05) is 6.20 Å². The SMILES string of the molecule is CC1CN(c2ncc3c(n2)C2(CCN(Cc4cnc(N)nc4)C2)COC3)CC(C)O1. The second-order valence-corrected chi connectivity index (χ2v) is 8.89. The van der Waals surface area contributed by atoms with Crippen molar-refractivity contribution < 1.29 is 9.47 Å². The highest BCUT2D eigenvalue weighted by atomic mass is 16.5. The van der Waals surface area contributed by atoms with Crippen molar-refractivity contribution in [2.45, 2.75) is 51.0 Å². The summed E-state index contributed by atoms with van der Waals surface area (Å²) in [7, 11) is 0. The van der Waals surface area contributed by atoms with Crippen LogP contribution in [-0.4, -0.2) is 69.8 Å². The molecule has 30 heavy (non-hydrogen) atoms. The van der Waals surface area contributed by atoms with Crippen LogP contribution in [0.15, 0.2) is 18.6 Å². The lowest BCUT2D eigenvalue weighted by Gasteiger charge is -2.38. The van der Waals surface area contributed by atoms with Crippen molar-refractivity contribution in [1.29, 1.82) is 0 Å². The predicted molar refractivity (Wildman–Crippen MR) is 112 cm³/mol. The van der Waals surface area contributed by atoms with Crippen molar-refractivity contribution in [3.63, 3.8) is 0 Å². The summed E-state index contributed by atoms with van der Waals surface area (Å²) in [5.74, 6) is 1.12. The normalized spacial score (nSPS) is 29.3. The quantitative estimate of drug-likeness (QED) is 0.796. The van der Waals surface area contributed by atoms with Crippen LogP contribution in [0.4, 0.5) is 11.9 Å². The Morgan fingerprint density at radius 2 is 1.90 bits per heavy atom. The van der Waals surface area contributed by atoms with Gasteiger partial charge in [0, 0.05) is 55.9 Å². The number of ether oxygens (including phenoxy) is 2. The van der Waals surface area contributed by atoms with Gasteiger partial charge in [0.15, 0.2) is 0 Å². The average molecular weight is 412 g/mol. The monoisotopic (exact) mass is 411 g/mol. The van der Waals surface area contributed by atoms with E-state index >= 15 is 0 Å². The summed E-state index contributed by atoms with van der Waals surface area (Å²) in [6, 6.07) is 0. The molecule has 2 saturated heterocycles. The number of rotatable bonds is 3. The van der Waals surface area contributed by atoms with E-state index in [0.29, 0.717) is 19.2 Å². The molecule has 9 nitrogen and oxygen atoms in total. The van der Waals surface area contributed by atoms with Crippen LogP contribution in [0, 0.1) is 0 Å². The van der Waals surface area contributed by atoms with Gasteiger partial charge in [0.05, 0.1) is 36.5 Å². The minimum atomic E-state index is -0.0938. The summed E-state index contributed by atoms with van der Waals surface area (Å²) in [6.07, 6.45) is 6.94. The van der Waals surface area contributed by atoms with E-state index < -0.39 is 0 Å². The first-order valence-corrected chi connectivity index (χ1v) is 10.6. The van der Waals surface area contributed by atoms with Crippen molar-refractivity contribution in [1.82, 2.24) is 24.8 Å². The van der Waals surface area contributed by atoms with Crippen molar-refractivity contribution in [2.75, 3.05) is 43.4 Å². The van der Waals surface area contributed by atoms with Crippen LogP contribution >= 0.6 is 0 Å². The predicted octanol–water partition coefficient (Wildman–Crippen LogP) is 1.14. The highest BCUT2D eigenvalue weighted by Crippen LogP contribution is 2.40. The second-order valence-electron chi connectivity index (χ2n) is 8.89. The molecule has 0 saturated carbocycles. The van der Waals surface area contributed by atoms with Gasteiger partial charge in [0.1, 0.15) is 0 Å². The molecule has 5 rings (SSSR count). The number of anilines is 2. The standard InChI is InChI=1S/C21H29N7O2/c1-14-8-28(9-15(2)30-14)20-25-7-17-11-29-13-21(18(17)26-20)3-4-27(12-21)10-16-5-23-19(22)24-6-16/h5-7,14-15H,3-4,8-13H2,1-2H3,(H2,22,23,24). The Kier molecular flexibility index (Phi) is 5.04. The fourth-order valence-electron chi connectivity index (χ4n) is 4.99. The number of nitrogen functional groups attached to an aromatic ring is 1. The molecule has 2 aromatic rings. The molecule has 0 bridgehead atoms. The molecule has 5 heterocycles. The van der Waals surface area contributed by atoms with Gasteiger partial charge in [-0.2, -0.15) is 0 Å². The first kappa shape index (κ1) is 19.6. The molecule has 3 aliphatic heterocycles. The third-order valence-electron chi connectivity index (χ3n) is 6.26. The number of hydrogen-bond acceptors (Lipinski definition) is 9. The number of hydrogen-bond donors (Lipinski definition) is 1. The molecule has 3 atom stereocenters. The zero-order chi connectivity index (χ0) is 20.7. The van der Waals surface area contributed by atoms with E-state index in [9.17, 15) is 0 Å². The Morgan fingerprint density at radius 3 is 2.67 bits per heavy atom. The van der Waals surface area contributed by atoms with E-state index in [2.05, 4.69) is 38.6 Å². The molecular formula is C21H29N7O2. The van der Waals surface area contributed by atoms with E-state index in [4.69, 9.17) is 20.2 Å². The smallest absolute Gasteiger partial charge is 0.225 e. The fourth-order valence-corrected chi connectivity index (χ4v) is 4.99. The Labute approximate surface area is 176 Å². The van der Waals surface area contributed by atoms with E-state index in [1.54, 1.807) is 12.4 Å². The lowest BCUT2D eigenvalue weighted by atomic mass is 9.80. The van der Waals surface area contributed by atoms with Crippen molar-refractivity contribution in [3.8, 4) is 0 Å². The summed E-state index contributed by atoms with van der Waals surface area (Å²) in [6.45, 7) is 9.80. The lowest BCUT2D eigenvalue weighted by molar-refractivity contribution is -0.00584. The first-order chi connectivity index (χ1) is 14.5. The minimum Gasteiger partial charge on any atom is -0.376 e. The topological polar surface area (TPSA) is 103 Å². The first-order valence-electron chi connectivity index (χ1n) is 10.6. The Balaban J connectivity index is 1.38. The molecule has 0 aromatic carbocycles. The van der Waals surface area contributed by atoms with Gasteiger partial charge in [0.25, 0.3) is 0 Å². The molecule has 2 fully saturated rings. The molecule has 3 unspecified atom stereocenters. The van der Waals surface area contributed by atoms with Crippen LogP contribution in [-0.2, 0) is 28.0 Å². The number of nitrogens with two attached hydrogens (primary N) is 1. The van der Waals surface area contributed by atoms with Crippen LogP contribution in [0.3, 0.4) is 0 Å². The van der Waals surface area contributed by atoms with Gasteiger partial charge >= 0.3 is 0 Å². The molecule has 2 aromatic heterocycles. The summed E-state index contributed by atoms with van der Waals surface area (Å²) in [5.41, 5.74) is 8.85. The molecule has 9 heteroatoms. The molecule has 1 spiro atoms. The van der Waals surface area contributed by atoms with Crippen LogP contribution in [0.5, 0.6) is 0 Å². The highest BCUT2D eigenvalue weighted by molar-refractivity contribution is 5.39. The zero-order valence-electron chi connectivity index (χ0n) is 17.6. The Hall–Kier alpha value is -2.36. The Morgan fingerprint density at radius 1 is 1.13 bits per heavy atom. The second kappa shape index (κ2) is 7.72. The highest BCUT2D eigenvalue weighted by Gasteiger charge is 2.45. The molecule has 2 N–H and O–H groups in total. The van der Waals surface area contributed by atoms with E-state index in [1.165, 1.54) is 0 Å². The third-order valence-corrected chi connectivity index (χ3v) is 6.26. The van der Waals surface area contributed by atoms with Gasteiger partial charge < -0.3 is 20.1 Å². The third kappa shape index (κ3) is 3.73. The number of morpholine rings is 1. The van der Waals surface area contributed by atoms with E-state index in [-0.39, 0.29) is 17.6 Å². The van der Waals surface area contributed by atoms with Gasteiger partial charge in [-0.3, -0.25) is 4.90 Å². The largest absolute Gasteiger partial charge is 0.376 e. The average Bonchev–Trinajstić information content (AvgIpc) is 3.12. The maximum Gasteiger partial charge on any atom is 0.225 e. The molecule has 0 aliphatic carbocycles. The van der Waals surface area contributed by atoms with Gasteiger partial charge in [0.2, 0.25) is 11.9 Å². The number of aromatic nitrogens is 4. The van der Waals surface area contributed by atoms with Gasteiger partial charge in [-0.15, -0.1) is 0 Å². The van der Waals surface area contributed by atoms with Gasteiger partial charge in [-0.1, -0.05) is 0 Å². The van der Waals surface area contributed by atoms with Gasteiger partial charge in [-0.25, -0.2) is 19.9 Å². The number of likely N-dealkylation sites (tertiary alicyclic amines) is 1. The molecular weight excluding hydrogens is 382 g/mol. The van der Waals surface area contributed by atoms with Crippen LogP contribution in [0.2, 0.25) is 0 Å². The zero-order valence-corrected chi connectivity index (χ0v) is 17.6. The summed E-state index contributed by atoms with van der Waals surface area (Å²) >= 11 is 0. The van der Waals surface area contributed by atoms with Crippen molar-refractivity contribution >= 4 is 11.9 Å². The Bertz CT molecular complexity index is 899. The summed E-state index contributed by atoms with van der Waals surface area (Å²) in [5, 5.41) is 0. The van der Waals surface area contributed by atoms with E-state index in [0.717, 1.165) is 61.9 Å².